The number of phenols is 1. The lowest BCUT2D eigenvalue weighted by Gasteiger charge is -2.08. The van der Waals surface area contributed by atoms with Gasteiger partial charge in [0, 0.05) is 0 Å². The van der Waals surface area contributed by atoms with Crippen molar-refractivity contribution >= 4 is 5.69 Å². The minimum absolute atomic E-state index is 0.809. The van der Waals surface area contributed by atoms with Crippen molar-refractivity contribution in [1.29, 1.82) is 0 Å². The molecular formula is C7H6F3NO2. The fourth-order valence-corrected chi connectivity index (χ4v) is 0.831. The molecule has 0 unspecified atom stereocenters. The van der Waals surface area contributed by atoms with Crippen LogP contribution in [0.25, 0.3) is 0 Å². The Bertz CT molecular complexity index is 325. The number of anilines is 1. The first kappa shape index (κ1) is 9.50. The van der Waals surface area contributed by atoms with E-state index >= 15 is 0 Å². The van der Waals surface area contributed by atoms with Crippen molar-refractivity contribution < 1.29 is 23.0 Å². The van der Waals surface area contributed by atoms with Crippen molar-refractivity contribution in [3.05, 3.63) is 17.5 Å². The lowest BCUT2D eigenvalue weighted by atomic mass is 10.2. The number of ether oxygens (including phenoxy) is 1. The molecule has 0 spiro atoms. The van der Waals surface area contributed by atoms with Gasteiger partial charge in [-0.05, 0) is 0 Å². The average molecular weight is 193 g/mol. The normalized spacial score (nSPS) is 10.2. The maximum absolute atomic E-state index is 12.7. The first-order valence-corrected chi connectivity index (χ1v) is 3.19. The van der Waals surface area contributed by atoms with Crippen LogP contribution in [0.15, 0.2) is 0 Å². The van der Waals surface area contributed by atoms with Crippen LogP contribution in [0.4, 0.5) is 18.9 Å². The Labute approximate surface area is 71.5 Å². The molecule has 3 nitrogen and oxygen atoms in total. The Hall–Kier alpha value is -1.59. The molecule has 0 radical (unpaired) electrons. The van der Waals surface area contributed by atoms with E-state index in [0.717, 1.165) is 7.11 Å². The Balaban J connectivity index is 3.56. The number of rotatable bonds is 1. The van der Waals surface area contributed by atoms with E-state index in [2.05, 4.69) is 4.74 Å². The SMILES string of the molecule is COc1c(O)c(N)c(F)c(F)c1F. The zero-order valence-corrected chi connectivity index (χ0v) is 6.57. The quantitative estimate of drug-likeness (QED) is 0.402. The molecule has 0 aliphatic heterocycles. The smallest absolute Gasteiger partial charge is 0.207 e. The number of aromatic hydroxyl groups is 1. The number of benzene rings is 1. The Morgan fingerprint density at radius 2 is 1.69 bits per heavy atom. The second-order valence-corrected chi connectivity index (χ2v) is 2.24. The maximum Gasteiger partial charge on any atom is 0.207 e. The molecule has 13 heavy (non-hydrogen) atoms. The Morgan fingerprint density at radius 1 is 1.15 bits per heavy atom. The summed E-state index contributed by atoms with van der Waals surface area (Å²) in [5.74, 6) is -6.76. The largest absolute Gasteiger partial charge is 0.503 e. The van der Waals surface area contributed by atoms with Crippen molar-refractivity contribution in [1.82, 2.24) is 0 Å². The summed E-state index contributed by atoms with van der Waals surface area (Å²) in [5, 5.41) is 8.99. The zero-order chi connectivity index (χ0) is 10.2. The van der Waals surface area contributed by atoms with Crippen molar-refractivity contribution in [2.24, 2.45) is 0 Å². The molecule has 1 aromatic carbocycles. The number of nitrogen functional groups attached to an aromatic ring is 1. The van der Waals surface area contributed by atoms with Gasteiger partial charge in [0.1, 0.15) is 5.69 Å². The molecule has 0 saturated carbocycles. The highest BCUT2D eigenvalue weighted by Crippen LogP contribution is 2.38. The summed E-state index contributed by atoms with van der Waals surface area (Å²) in [6.07, 6.45) is 0. The van der Waals surface area contributed by atoms with Crippen LogP contribution in [-0.2, 0) is 0 Å². The first-order chi connectivity index (χ1) is 6.00. The van der Waals surface area contributed by atoms with Crippen LogP contribution < -0.4 is 10.5 Å². The number of phenolic OH excluding ortho intramolecular Hbond substituents is 1. The molecule has 0 fully saturated rings. The van der Waals surface area contributed by atoms with Gasteiger partial charge in [0.25, 0.3) is 0 Å². The minimum atomic E-state index is -1.77. The molecule has 0 aliphatic rings. The third-order valence-corrected chi connectivity index (χ3v) is 1.50. The van der Waals surface area contributed by atoms with Crippen molar-refractivity contribution in [2.75, 3.05) is 12.8 Å². The van der Waals surface area contributed by atoms with Crippen LogP contribution >= 0.6 is 0 Å². The number of halogens is 3. The molecule has 0 bridgehead atoms. The summed E-state index contributed by atoms with van der Waals surface area (Å²) >= 11 is 0. The van der Waals surface area contributed by atoms with E-state index in [4.69, 9.17) is 10.8 Å². The van der Waals surface area contributed by atoms with Crippen molar-refractivity contribution in [3.63, 3.8) is 0 Å². The van der Waals surface area contributed by atoms with Gasteiger partial charge in [0.15, 0.2) is 11.6 Å². The van der Waals surface area contributed by atoms with E-state index < -0.39 is 34.6 Å². The molecule has 0 saturated heterocycles. The number of methoxy groups -OCH3 is 1. The van der Waals surface area contributed by atoms with Crippen molar-refractivity contribution in [3.8, 4) is 11.5 Å². The van der Waals surface area contributed by atoms with Crippen LogP contribution in [-0.4, -0.2) is 12.2 Å². The highest BCUT2D eigenvalue weighted by Gasteiger charge is 2.23. The second-order valence-electron chi connectivity index (χ2n) is 2.24. The van der Waals surface area contributed by atoms with Gasteiger partial charge in [-0.1, -0.05) is 0 Å². The van der Waals surface area contributed by atoms with Crippen molar-refractivity contribution in [2.45, 2.75) is 0 Å². The average Bonchev–Trinajstić information content (AvgIpc) is 2.13. The molecule has 1 rings (SSSR count). The molecule has 0 heterocycles. The van der Waals surface area contributed by atoms with Crippen LogP contribution in [0.2, 0.25) is 0 Å². The topological polar surface area (TPSA) is 55.5 Å². The van der Waals surface area contributed by atoms with Crippen LogP contribution in [0.1, 0.15) is 0 Å². The first-order valence-electron chi connectivity index (χ1n) is 3.19. The van der Waals surface area contributed by atoms with Gasteiger partial charge in [-0.15, -0.1) is 0 Å². The van der Waals surface area contributed by atoms with Gasteiger partial charge in [-0.2, -0.15) is 4.39 Å². The predicted molar refractivity (Wildman–Crippen MR) is 38.9 cm³/mol. The summed E-state index contributed by atoms with van der Waals surface area (Å²) in [6, 6.07) is 0. The summed E-state index contributed by atoms with van der Waals surface area (Å²) < 4.78 is 42.2. The van der Waals surface area contributed by atoms with Gasteiger partial charge in [0.05, 0.1) is 7.11 Å². The highest BCUT2D eigenvalue weighted by molar-refractivity contribution is 5.61. The van der Waals surface area contributed by atoms with E-state index in [1.807, 2.05) is 0 Å². The van der Waals surface area contributed by atoms with Gasteiger partial charge >= 0.3 is 0 Å². The lowest BCUT2D eigenvalue weighted by Crippen LogP contribution is -2.02. The van der Waals surface area contributed by atoms with Crippen LogP contribution in [0.3, 0.4) is 0 Å². The highest BCUT2D eigenvalue weighted by atomic mass is 19.2. The van der Waals surface area contributed by atoms with E-state index in [1.165, 1.54) is 0 Å². The molecule has 0 atom stereocenters. The maximum atomic E-state index is 12.7. The Morgan fingerprint density at radius 3 is 2.15 bits per heavy atom. The summed E-state index contributed by atoms with van der Waals surface area (Å²) in [7, 11) is 0.995. The van der Waals surface area contributed by atoms with E-state index in [9.17, 15) is 13.2 Å². The monoisotopic (exact) mass is 193 g/mol. The molecule has 72 valence electrons. The third-order valence-electron chi connectivity index (χ3n) is 1.50. The van der Waals surface area contributed by atoms with E-state index in [-0.39, 0.29) is 0 Å². The summed E-state index contributed by atoms with van der Waals surface area (Å²) in [4.78, 5) is 0. The minimum Gasteiger partial charge on any atom is -0.503 e. The van der Waals surface area contributed by atoms with Gasteiger partial charge in [0.2, 0.25) is 17.4 Å². The van der Waals surface area contributed by atoms with Crippen LogP contribution in [0, 0.1) is 17.5 Å². The molecule has 3 N–H and O–H groups in total. The van der Waals surface area contributed by atoms with Gasteiger partial charge in [-0.25, -0.2) is 8.78 Å². The Kier molecular flexibility index (Phi) is 2.22. The summed E-state index contributed by atoms with van der Waals surface area (Å²) in [6.45, 7) is 0. The molecule has 0 amide bonds. The van der Waals surface area contributed by atoms with Gasteiger partial charge in [-0.3, -0.25) is 0 Å². The van der Waals surface area contributed by atoms with Crippen LogP contribution in [0.5, 0.6) is 11.5 Å². The molecule has 6 heteroatoms. The fraction of sp³-hybridized carbons (Fsp3) is 0.143. The molecule has 0 aromatic heterocycles. The van der Waals surface area contributed by atoms with E-state index in [1.54, 1.807) is 0 Å². The molecular weight excluding hydrogens is 187 g/mol. The number of nitrogens with two attached hydrogens (primary N) is 1. The summed E-state index contributed by atoms with van der Waals surface area (Å²) in [5.41, 5.74) is 4.04. The zero-order valence-electron chi connectivity index (χ0n) is 6.57. The van der Waals surface area contributed by atoms with E-state index in [0.29, 0.717) is 0 Å². The fourth-order valence-electron chi connectivity index (χ4n) is 0.831. The molecule has 0 aliphatic carbocycles. The standard InChI is InChI=1S/C7H6F3NO2/c1-13-7-4(10)2(8)3(9)5(11)6(7)12/h12H,11H2,1H3. The molecule has 1 aromatic rings. The second kappa shape index (κ2) is 3.04. The van der Waals surface area contributed by atoms with Gasteiger partial charge < -0.3 is 15.6 Å². The third kappa shape index (κ3) is 1.24. The lowest BCUT2D eigenvalue weighted by molar-refractivity contribution is 0.332. The predicted octanol–water partition coefficient (Wildman–Crippen LogP) is 1.40. The number of hydrogen-bond acceptors (Lipinski definition) is 3. The number of hydrogen-bond donors (Lipinski definition) is 2.